The van der Waals surface area contributed by atoms with Gasteiger partial charge in [-0.1, -0.05) is 37.6 Å². The number of amides is 2. The second-order valence-electron chi connectivity index (χ2n) is 5.09. The zero-order valence-electron chi connectivity index (χ0n) is 12.9. The predicted molar refractivity (Wildman–Crippen MR) is 101 cm³/mol. The van der Waals surface area contributed by atoms with Crippen molar-refractivity contribution < 1.29 is 9.59 Å². The summed E-state index contributed by atoms with van der Waals surface area (Å²) in [6, 6.07) is 14.4. The van der Waals surface area contributed by atoms with Crippen LogP contribution in [0.4, 0.5) is 5.69 Å². The Morgan fingerprint density at radius 2 is 1.61 bits per heavy atom. The van der Waals surface area contributed by atoms with Gasteiger partial charge in [0.15, 0.2) is 0 Å². The smallest absolute Gasteiger partial charge is 0.256 e. The highest BCUT2D eigenvalue weighted by Gasteiger charge is 2.14. The molecular weight excluding hydrogens is 403 g/mol. The number of carbonyl (C=O) groups is 2. The maximum absolute atomic E-state index is 12.4. The Balaban J connectivity index is 2.16. The molecule has 0 fully saturated rings. The van der Waals surface area contributed by atoms with Crippen LogP contribution in [0.5, 0.6) is 0 Å². The van der Waals surface area contributed by atoms with Crippen molar-refractivity contribution in [2.24, 2.45) is 0 Å². The van der Waals surface area contributed by atoms with Gasteiger partial charge in [-0.25, -0.2) is 0 Å². The number of rotatable bonds is 6. The quantitative estimate of drug-likeness (QED) is 0.545. The summed E-state index contributed by atoms with van der Waals surface area (Å²) in [6.45, 7) is 2.70. The standard InChI is InChI=1S/C18H19IN2O2/c1-2-3-12-20-17(22)14-9-5-7-11-16(14)21-18(23)13-8-4-6-10-15(13)19/h4-11H,2-3,12H2,1H3,(H,20,22)(H,21,23). The van der Waals surface area contributed by atoms with E-state index in [-0.39, 0.29) is 11.8 Å². The summed E-state index contributed by atoms with van der Waals surface area (Å²) >= 11 is 2.12. The van der Waals surface area contributed by atoms with E-state index in [4.69, 9.17) is 0 Å². The van der Waals surface area contributed by atoms with E-state index in [2.05, 4.69) is 40.1 Å². The molecule has 0 saturated carbocycles. The molecule has 0 aromatic heterocycles. The first-order valence-electron chi connectivity index (χ1n) is 7.56. The van der Waals surface area contributed by atoms with Crippen LogP contribution in [0.3, 0.4) is 0 Å². The van der Waals surface area contributed by atoms with Gasteiger partial charge >= 0.3 is 0 Å². The number of nitrogens with one attached hydrogen (secondary N) is 2. The van der Waals surface area contributed by atoms with Crippen LogP contribution >= 0.6 is 22.6 Å². The van der Waals surface area contributed by atoms with Gasteiger partial charge in [0.25, 0.3) is 11.8 Å². The monoisotopic (exact) mass is 422 g/mol. The molecule has 0 atom stereocenters. The number of para-hydroxylation sites is 1. The average Bonchev–Trinajstić information content (AvgIpc) is 2.55. The topological polar surface area (TPSA) is 58.2 Å². The van der Waals surface area contributed by atoms with E-state index in [1.165, 1.54) is 0 Å². The molecule has 2 rings (SSSR count). The minimum atomic E-state index is -0.219. The van der Waals surface area contributed by atoms with E-state index in [9.17, 15) is 9.59 Å². The molecule has 0 bridgehead atoms. The van der Waals surface area contributed by atoms with Crippen LogP contribution in [-0.2, 0) is 0 Å². The largest absolute Gasteiger partial charge is 0.352 e. The lowest BCUT2D eigenvalue weighted by atomic mass is 10.1. The SMILES string of the molecule is CCCCNC(=O)c1ccccc1NC(=O)c1ccccc1I. The summed E-state index contributed by atoms with van der Waals surface area (Å²) in [4.78, 5) is 24.7. The third kappa shape index (κ3) is 4.79. The predicted octanol–water partition coefficient (Wildman–Crippen LogP) is 4.07. The molecule has 0 aliphatic carbocycles. The molecule has 0 aliphatic rings. The van der Waals surface area contributed by atoms with Gasteiger partial charge in [-0.2, -0.15) is 0 Å². The number of halogens is 1. The van der Waals surface area contributed by atoms with Gasteiger partial charge in [0.2, 0.25) is 0 Å². The number of unbranched alkanes of at least 4 members (excludes halogenated alkanes) is 1. The summed E-state index contributed by atoms with van der Waals surface area (Å²) in [5.41, 5.74) is 1.59. The number of benzene rings is 2. The van der Waals surface area contributed by atoms with E-state index >= 15 is 0 Å². The van der Waals surface area contributed by atoms with Gasteiger partial charge < -0.3 is 10.6 Å². The van der Waals surface area contributed by atoms with E-state index in [1.807, 2.05) is 18.2 Å². The molecule has 0 saturated heterocycles. The summed E-state index contributed by atoms with van der Waals surface area (Å²) in [6.07, 6.45) is 1.95. The molecule has 0 radical (unpaired) electrons. The first kappa shape index (κ1) is 17.5. The zero-order valence-corrected chi connectivity index (χ0v) is 15.1. The van der Waals surface area contributed by atoms with Crippen LogP contribution in [0.1, 0.15) is 40.5 Å². The van der Waals surface area contributed by atoms with Gasteiger partial charge in [-0.05, 0) is 53.3 Å². The highest BCUT2D eigenvalue weighted by molar-refractivity contribution is 14.1. The summed E-state index contributed by atoms with van der Waals surface area (Å²) in [5, 5.41) is 5.71. The molecule has 2 N–H and O–H groups in total. The lowest BCUT2D eigenvalue weighted by Gasteiger charge is -2.12. The van der Waals surface area contributed by atoms with E-state index in [0.717, 1.165) is 16.4 Å². The Bertz CT molecular complexity index is 701. The second-order valence-corrected chi connectivity index (χ2v) is 6.25. The number of carbonyl (C=O) groups excluding carboxylic acids is 2. The lowest BCUT2D eigenvalue weighted by Crippen LogP contribution is -2.26. The minimum Gasteiger partial charge on any atom is -0.352 e. The van der Waals surface area contributed by atoms with Crippen LogP contribution in [0.25, 0.3) is 0 Å². The Morgan fingerprint density at radius 1 is 0.957 bits per heavy atom. The highest BCUT2D eigenvalue weighted by atomic mass is 127. The number of anilines is 1. The van der Waals surface area contributed by atoms with Crippen LogP contribution in [0.15, 0.2) is 48.5 Å². The van der Waals surface area contributed by atoms with Crippen LogP contribution in [0, 0.1) is 3.57 Å². The molecule has 0 aliphatic heterocycles. The Hall–Kier alpha value is -1.89. The molecule has 2 amide bonds. The first-order valence-corrected chi connectivity index (χ1v) is 8.64. The van der Waals surface area contributed by atoms with Gasteiger partial charge in [-0.3, -0.25) is 9.59 Å². The fraction of sp³-hybridized carbons (Fsp3) is 0.222. The normalized spacial score (nSPS) is 10.2. The third-order valence-corrected chi connectivity index (χ3v) is 4.29. The fourth-order valence-corrected chi connectivity index (χ4v) is 2.73. The first-order chi connectivity index (χ1) is 11.1. The molecule has 5 heteroatoms. The molecule has 0 unspecified atom stereocenters. The second kappa shape index (κ2) is 8.67. The van der Waals surface area contributed by atoms with Crippen molar-refractivity contribution in [3.8, 4) is 0 Å². The Kier molecular flexibility index (Phi) is 6.58. The van der Waals surface area contributed by atoms with E-state index < -0.39 is 0 Å². The summed E-state index contributed by atoms with van der Waals surface area (Å²) < 4.78 is 0.868. The maximum atomic E-state index is 12.4. The van der Waals surface area contributed by atoms with Crippen molar-refractivity contribution in [2.45, 2.75) is 19.8 Å². The molecule has 4 nitrogen and oxygen atoms in total. The number of hydrogen-bond donors (Lipinski definition) is 2. The maximum Gasteiger partial charge on any atom is 0.256 e. The molecule has 2 aromatic rings. The summed E-state index contributed by atoms with van der Waals surface area (Å²) in [5.74, 6) is -0.388. The minimum absolute atomic E-state index is 0.169. The van der Waals surface area contributed by atoms with Crippen molar-refractivity contribution in [1.29, 1.82) is 0 Å². The van der Waals surface area contributed by atoms with Crippen molar-refractivity contribution in [3.63, 3.8) is 0 Å². The average molecular weight is 422 g/mol. The van der Waals surface area contributed by atoms with Crippen LogP contribution < -0.4 is 10.6 Å². The Labute approximate surface area is 149 Å². The van der Waals surface area contributed by atoms with Gasteiger partial charge in [0.1, 0.15) is 0 Å². The van der Waals surface area contributed by atoms with Crippen molar-refractivity contribution >= 4 is 40.1 Å². The van der Waals surface area contributed by atoms with Crippen molar-refractivity contribution in [1.82, 2.24) is 5.32 Å². The zero-order chi connectivity index (χ0) is 16.7. The van der Waals surface area contributed by atoms with E-state index in [1.54, 1.807) is 30.3 Å². The molecule has 120 valence electrons. The molecule has 0 spiro atoms. The number of hydrogen-bond acceptors (Lipinski definition) is 2. The molecular formula is C18H19IN2O2. The van der Waals surface area contributed by atoms with E-state index in [0.29, 0.717) is 23.4 Å². The Morgan fingerprint density at radius 3 is 2.30 bits per heavy atom. The van der Waals surface area contributed by atoms with Crippen molar-refractivity contribution in [3.05, 3.63) is 63.2 Å². The van der Waals surface area contributed by atoms with Crippen LogP contribution in [-0.4, -0.2) is 18.4 Å². The highest BCUT2D eigenvalue weighted by Crippen LogP contribution is 2.18. The third-order valence-electron chi connectivity index (χ3n) is 3.35. The summed E-state index contributed by atoms with van der Waals surface area (Å²) in [7, 11) is 0. The van der Waals surface area contributed by atoms with Gasteiger partial charge in [0.05, 0.1) is 16.8 Å². The lowest BCUT2D eigenvalue weighted by molar-refractivity contribution is 0.0954. The fourth-order valence-electron chi connectivity index (χ4n) is 2.10. The molecule has 2 aromatic carbocycles. The van der Waals surface area contributed by atoms with Gasteiger partial charge in [0, 0.05) is 10.1 Å². The van der Waals surface area contributed by atoms with Crippen LogP contribution in [0.2, 0.25) is 0 Å². The molecule has 0 heterocycles. The molecule has 23 heavy (non-hydrogen) atoms. The van der Waals surface area contributed by atoms with Crippen molar-refractivity contribution in [2.75, 3.05) is 11.9 Å². The van der Waals surface area contributed by atoms with Gasteiger partial charge in [-0.15, -0.1) is 0 Å².